The minimum absolute atomic E-state index is 0.0816. The standard InChI is InChI=1S/C16H14F5N3O3S/c1-24-7-12-9(3-5-13(16(19,20)21)23-28(12,26)27)14(24)15(25)22-8-2-4-10(17)11(18)6-8/h2,4,6-7,13,23H,3,5H2,1H3,(H,22,25). The molecule has 2 aromatic rings. The molecule has 1 amide bonds. The van der Waals surface area contributed by atoms with E-state index < -0.39 is 51.1 Å². The Morgan fingerprint density at radius 1 is 1.25 bits per heavy atom. The van der Waals surface area contributed by atoms with Crippen LogP contribution < -0.4 is 10.0 Å². The predicted molar refractivity (Wildman–Crippen MR) is 88.2 cm³/mol. The summed E-state index contributed by atoms with van der Waals surface area (Å²) in [5, 5.41) is 2.29. The monoisotopic (exact) mass is 423 g/mol. The second-order valence-corrected chi connectivity index (χ2v) is 7.95. The fraction of sp³-hybridized carbons (Fsp3) is 0.312. The van der Waals surface area contributed by atoms with Gasteiger partial charge in [0.1, 0.15) is 16.6 Å². The third-order valence-corrected chi connectivity index (χ3v) is 5.83. The first-order valence-electron chi connectivity index (χ1n) is 7.94. The van der Waals surface area contributed by atoms with Crippen LogP contribution in [-0.2, 0) is 23.5 Å². The smallest absolute Gasteiger partial charge is 0.345 e. The highest BCUT2D eigenvalue weighted by Crippen LogP contribution is 2.32. The van der Waals surface area contributed by atoms with Crippen molar-refractivity contribution in [2.75, 3.05) is 5.32 Å². The molecular weight excluding hydrogens is 409 g/mol. The minimum atomic E-state index is -4.78. The highest BCUT2D eigenvalue weighted by Gasteiger charge is 2.45. The number of rotatable bonds is 2. The van der Waals surface area contributed by atoms with Gasteiger partial charge in [0.05, 0.1) is 0 Å². The molecule has 0 saturated heterocycles. The molecule has 0 fully saturated rings. The van der Waals surface area contributed by atoms with E-state index in [9.17, 15) is 35.2 Å². The highest BCUT2D eigenvalue weighted by atomic mass is 32.2. The van der Waals surface area contributed by atoms with Crippen LogP contribution in [0, 0.1) is 11.6 Å². The molecule has 1 aromatic heterocycles. The van der Waals surface area contributed by atoms with Crippen molar-refractivity contribution in [1.29, 1.82) is 0 Å². The molecule has 0 radical (unpaired) electrons. The van der Waals surface area contributed by atoms with Gasteiger partial charge in [0, 0.05) is 30.6 Å². The first-order valence-corrected chi connectivity index (χ1v) is 9.42. The molecule has 6 nitrogen and oxygen atoms in total. The molecule has 2 N–H and O–H groups in total. The van der Waals surface area contributed by atoms with Crippen molar-refractivity contribution < 1.29 is 35.2 Å². The Morgan fingerprint density at radius 2 is 1.93 bits per heavy atom. The van der Waals surface area contributed by atoms with E-state index in [4.69, 9.17) is 0 Å². The average molecular weight is 423 g/mol. The van der Waals surface area contributed by atoms with Crippen LogP contribution in [0.2, 0.25) is 0 Å². The quantitative estimate of drug-likeness (QED) is 0.729. The van der Waals surface area contributed by atoms with Crippen molar-refractivity contribution in [3.8, 4) is 0 Å². The summed E-state index contributed by atoms with van der Waals surface area (Å²) in [5.41, 5.74) is -0.364. The van der Waals surface area contributed by atoms with Gasteiger partial charge in [-0.15, -0.1) is 0 Å². The minimum Gasteiger partial charge on any atom is -0.345 e. The Kier molecular flexibility index (Phi) is 4.96. The lowest BCUT2D eigenvalue weighted by Gasteiger charge is -2.18. The van der Waals surface area contributed by atoms with Crippen LogP contribution in [-0.4, -0.2) is 31.1 Å². The maximum atomic E-state index is 13.3. The van der Waals surface area contributed by atoms with E-state index in [0.29, 0.717) is 0 Å². The Hall–Kier alpha value is -2.47. The van der Waals surface area contributed by atoms with Gasteiger partial charge in [0.15, 0.2) is 11.6 Å². The van der Waals surface area contributed by atoms with E-state index in [1.54, 1.807) is 4.72 Å². The SMILES string of the molecule is Cn1cc2c(c1C(=O)Nc1ccc(F)c(F)c1)CCC(C(F)(F)F)NS2(=O)=O. The van der Waals surface area contributed by atoms with Crippen molar-refractivity contribution in [3.05, 3.63) is 47.3 Å². The zero-order valence-corrected chi connectivity index (χ0v) is 15.1. The fourth-order valence-corrected chi connectivity index (χ4v) is 4.58. The number of fused-ring (bicyclic) bond motifs is 1. The second-order valence-electron chi connectivity index (χ2n) is 6.27. The largest absolute Gasteiger partial charge is 0.404 e. The molecule has 0 bridgehead atoms. The first kappa shape index (κ1) is 20.3. The molecule has 3 rings (SSSR count). The molecule has 1 aromatic carbocycles. The number of hydrogen-bond donors (Lipinski definition) is 2. The summed E-state index contributed by atoms with van der Waals surface area (Å²) in [6.45, 7) is 0. The summed E-state index contributed by atoms with van der Waals surface area (Å²) in [7, 11) is -3.16. The zero-order valence-electron chi connectivity index (χ0n) is 14.3. The van der Waals surface area contributed by atoms with Gasteiger partial charge in [-0.25, -0.2) is 17.2 Å². The third-order valence-electron chi connectivity index (χ3n) is 4.30. The van der Waals surface area contributed by atoms with E-state index >= 15 is 0 Å². The molecule has 0 aliphatic carbocycles. The van der Waals surface area contributed by atoms with Gasteiger partial charge in [-0.2, -0.15) is 17.9 Å². The molecule has 28 heavy (non-hydrogen) atoms. The number of amides is 1. The molecule has 0 spiro atoms. The molecule has 1 aliphatic rings. The van der Waals surface area contributed by atoms with Crippen LogP contribution in [0.25, 0.3) is 0 Å². The molecule has 1 unspecified atom stereocenters. The number of carbonyl (C=O) groups excluding carboxylic acids is 1. The summed E-state index contributed by atoms with van der Waals surface area (Å²) in [6, 6.07) is 0.332. The van der Waals surface area contributed by atoms with Gasteiger partial charge < -0.3 is 9.88 Å². The number of alkyl halides is 3. The molecule has 1 atom stereocenters. The van der Waals surface area contributed by atoms with E-state index in [0.717, 1.165) is 29.0 Å². The van der Waals surface area contributed by atoms with Gasteiger partial charge in [0.2, 0.25) is 10.0 Å². The summed E-state index contributed by atoms with van der Waals surface area (Å²) in [6.07, 6.45) is -4.66. The number of sulfonamides is 1. The van der Waals surface area contributed by atoms with Gasteiger partial charge >= 0.3 is 6.18 Å². The Bertz CT molecular complexity index is 1050. The number of nitrogens with zero attached hydrogens (tertiary/aromatic N) is 1. The maximum Gasteiger partial charge on any atom is 0.404 e. The number of hydrogen-bond acceptors (Lipinski definition) is 3. The summed E-state index contributed by atoms with van der Waals surface area (Å²) in [5.74, 6) is -3.19. The van der Waals surface area contributed by atoms with Crippen LogP contribution in [0.15, 0.2) is 29.3 Å². The van der Waals surface area contributed by atoms with Gasteiger partial charge in [-0.3, -0.25) is 4.79 Å². The molecule has 2 heterocycles. The van der Waals surface area contributed by atoms with Gasteiger partial charge in [0.25, 0.3) is 5.91 Å². The lowest BCUT2D eigenvalue weighted by Crippen LogP contribution is -2.44. The molecule has 152 valence electrons. The molecule has 1 aliphatic heterocycles. The number of aromatic nitrogens is 1. The number of nitrogens with one attached hydrogen (secondary N) is 2. The van der Waals surface area contributed by atoms with Crippen LogP contribution in [0.3, 0.4) is 0 Å². The van der Waals surface area contributed by atoms with Crippen LogP contribution >= 0.6 is 0 Å². The molecule has 12 heteroatoms. The fourth-order valence-electron chi connectivity index (χ4n) is 3.01. The van der Waals surface area contributed by atoms with Crippen LogP contribution in [0.1, 0.15) is 22.5 Å². The molecular formula is C16H14F5N3O3S. The van der Waals surface area contributed by atoms with Crippen molar-refractivity contribution in [2.24, 2.45) is 7.05 Å². The Labute approximate surface area is 156 Å². The van der Waals surface area contributed by atoms with Crippen molar-refractivity contribution in [3.63, 3.8) is 0 Å². The van der Waals surface area contributed by atoms with Crippen LogP contribution in [0.4, 0.5) is 27.6 Å². The first-order chi connectivity index (χ1) is 12.9. The van der Waals surface area contributed by atoms with Crippen molar-refractivity contribution in [1.82, 2.24) is 9.29 Å². The van der Waals surface area contributed by atoms with E-state index in [2.05, 4.69) is 5.32 Å². The summed E-state index contributed by atoms with van der Waals surface area (Å²) >= 11 is 0. The molecule has 0 saturated carbocycles. The van der Waals surface area contributed by atoms with Crippen molar-refractivity contribution >= 4 is 21.6 Å². The van der Waals surface area contributed by atoms with Crippen LogP contribution in [0.5, 0.6) is 0 Å². The lowest BCUT2D eigenvalue weighted by molar-refractivity contribution is -0.152. The predicted octanol–water partition coefficient (Wildman–Crippen LogP) is 2.71. The average Bonchev–Trinajstić information content (AvgIpc) is 2.84. The topological polar surface area (TPSA) is 80.2 Å². The van der Waals surface area contributed by atoms with Gasteiger partial charge in [-0.05, 0) is 25.0 Å². The summed E-state index contributed by atoms with van der Waals surface area (Å²) < 4.78 is 92.8. The van der Waals surface area contributed by atoms with Gasteiger partial charge in [-0.1, -0.05) is 0 Å². The van der Waals surface area contributed by atoms with Crippen molar-refractivity contribution in [2.45, 2.75) is 30.0 Å². The third kappa shape index (κ3) is 3.74. The highest BCUT2D eigenvalue weighted by molar-refractivity contribution is 7.89. The normalized spacial score (nSPS) is 19.0. The number of carbonyl (C=O) groups is 1. The lowest BCUT2D eigenvalue weighted by atomic mass is 10.1. The van der Waals surface area contributed by atoms with E-state index in [1.807, 2.05) is 0 Å². The Balaban J connectivity index is 1.98. The Morgan fingerprint density at radius 3 is 2.54 bits per heavy atom. The number of aryl methyl sites for hydroxylation is 1. The number of anilines is 1. The second kappa shape index (κ2) is 6.85. The van der Waals surface area contributed by atoms with E-state index in [1.165, 1.54) is 7.05 Å². The van der Waals surface area contributed by atoms with E-state index in [-0.39, 0.29) is 23.4 Å². The number of halogens is 5. The number of benzene rings is 1. The zero-order chi connectivity index (χ0) is 20.9. The summed E-state index contributed by atoms with van der Waals surface area (Å²) in [4.78, 5) is 12.1. The maximum absolute atomic E-state index is 13.3.